The molecule has 3 aromatic carbocycles. The molecule has 3 rings (SSSR count). The van der Waals surface area contributed by atoms with Gasteiger partial charge < -0.3 is 20.6 Å². The predicted molar refractivity (Wildman–Crippen MR) is 100 cm³/mol. The van der Waals surface area contributed by atoms with Crippen LogP contribution in [0.5, 0.6) is 5.75 Å². The van der Waals surface area contributed by atoms with Crippen molar-refractivity contribution in [3.05, 3.63) is 74.5 Å². The summed E-state index contributed by atoms with van der Waals surface area (Å²) in [5.41, 5.74) is 0.106. The van der Waals surface area contributed by atoms with Crippen molar-refractivity contribution in [1.29, 1.82) is 0 Å². The molecule has 0 heterocycles. The minimum absolute atomic E-state index is 0.0702. The first-order valence-corrected chi connectivity index (χ1v) is 7.85. The summed E-state index contributed by atoms with van der Waals surface area (Å²) in [6, 6.07) is 13.3. The highest BCUT2D eigenvalue weighted by Crippen LogP contribution is 2.30. The number of nitrogens with one attached hydrogen (secondary N) is 2. The molecule has 1 amide bonds. The van der Waals surface area contributed by atoms with Gasteiger partial charge in [-0.3, -0.25) is 14.4 Å². The van der Waals surface area contributed by atoms with E-state index in [-0.39, 0.29) is 28.7 Å². The Morgan fingerprint density at radius 3 is 2.12 bits per heavy atom. The number of anilines is 4. The summed E-state index contributed by atoms with van der Waals surface area (Å²) in [6.45, 7) is 0. The average molecular weight is 351 g/mol. The molecule has 7 heteroatoms. The lowest BCUT2D eigenvalue weighted by atomic mass is 10.1. The van der Waals surface area contributed by atoms with Crippen LogP contribution in [0.15, 0.2) is 58.1 Å². The van der Waals surface area contributed by atoms with Crippen LogP contribution in [0.25, 0.3) is 0 Å². The van der Waals surface area contributed by atoms with E-state index in [2.05, 4.69) is 10.6 Å². The Morgan fingerprint density at radius 1 is 0.923 bits per heavy atom. The molecule has 0 aromatic heterocycles. The number of amides is 1. The topological polar surface area (TPSA) is 98.7 Å². The molecular weight excluding hydrogens is 334 g/mol. The number of para-hydroxylation sites is 1. The van der Waals surface area contributed by atoms with Gasteiger partial charge in [0.2, 0.25) is 0 Å². The molecule has 3 aromatic rings. The summed E-state index contributed by atoms with van der Waals surface area (Å²) in [4.78, 5) is 37.1. The molecule has 0 saturated carbocycles. The molecule has 0 aliphatic carbocycles. The zero-order chi connectivity index (χ0) is 18.8. The monoisotopic (exact) mass is 351 g/mol. The largest absolute Gasteiger partial charge is 0.506 e. The summed E-state index contributed by atoms with van der Waals surface area (Å²) >= 11 is 0. The van der Waals surface area contributed by atoms with Gasteiger partial charge in [-0.05, 0) is 30.3 Å². The maximum absolute atomic E-state index is 11.9. The van der Waals surface area contributed by atoms with E-state index in [0.717, 1.165) is 0 Å². The van der Waals surface area contributed by atoms with E-state index in [0.29, 0.717) is 11.3 Å². The smallest absolute Gasteiger partial charge is 0.253 e. The average Bonchev–Trinajstić information content (AvgIpc) is 2.65. The van der Waals surface area contributed by atoms with Crippen molar-refractivity contribution in [2.24, 2.45) is 0 Å². The highest BCUT2D eigenvalue weighted by Gasteiger charge is 2.22. The molecule has 0 fully saturated rings. The molecule has 0 saturated heterocycles. The maximum atomic E-state index is 11.9. The number of carbonyl (C=O) groups excluding carboxylic acids is 1. The second-order valence-electron chi connectivity index (χ2n) is 5.96. The SMILES string of the molecule is CN(C)C(=O)c1ccc(Nc2c(Nc3ccccc3)c(=O)c2=O)c(O)c1. The Labute approximate surface area is 149 Å². The van der Waals surface area contributed by atoms with Crippen LogP contribution in [0, 0.1) is 0 Å². The van der Waals surface area contributed by atoms with Crippen molar-refractivity contribution in [3.63, 3.8) is 0 Å². The summed E-state index contributed by atoms with van der Waals surface area (Å²) in [5, 5.41) is 15.8. The fourth-order valence-corrected chi connectivity index (χ4v) is 2.46. The van der Waals surface area contributed by atoms with Gasteiger partial charge in [-0.2, -0.15) is 0 Å². The van der Waals surface area contributed by atoms with Crippen LogP contribution >= 0.6 is 0 Å². The Morgan fingerprint density at radius 2 is 1.54 bits per heavy atom. The minimum Gasteiger partial charge on any atom is -0.506 e. The number of phenols is 1. The molecule has 26 heavy (non-hydrogen) atoms. The second kappa shape index (κ2) is 6.72. The number of phenolic OH excluding ortho intramolecular Hbond substituents is 1. The lowest BCUT2D eigenvalue weighted by molar-refractivity contribution is 0.0827. The van der Waals surface area contributed by atoms with Crippen molar-refractivity contribution in [2.75, 3.05) is 24.7 Å². The van der Waals surface area contributed by atoms with Crippen LogP contribution in [-0.2, 0) is 0 Å². The van der Waals surface area contributed by atoms with Gasteiger partial charge in [0.1, 0.15) is 17.1 Å². The van der Waals surface area contributed by atoms with Crippen LogP contribution in [0.2, 0.25) is 0 Å². The molecule has 0 aliphatic heterocycles. The fourth-order valence-electron chi connectivity index (χ4n) is 2.46. The third-order valence-electron chi connectivity index (χ3n) is 3.86. The van der Waals surface area contributed by atoms with Crippen LogP contribution in [0.3, 0.4) is 0 Å². The summed E-state index contributed by atoms with van der Waals surface area (Å²) in [5.74, 6) is -0.455. The Bertz CT molecular complexity index is 1030. The molecule has 0 unspecified atom stereocenters. The van der Waals surface area contributed by atoms with E-state index in [1.807, 2.05) is 6.07 Å². The van der Waals surface area contributed by atoms with E-state index < -0.39 is 10.9 Å². The third kappa shape index (κ3) is 3.14. The first-order valence-electron chi connectivity index (χ1n) is 7.85. The van der Waals surface area contributed by atoms with Crippen molar-refractivity contribution in [3.8, 4) is 5.75 Å². The van der Waals surface area contributed by atoms with Gasteiger partial charge in [-0.1, -0.05) is 18.2 Å². The number of nitrogens with zero attached hydrogens (tertiary/aromatic N) is 1. The van der Waals surface area contributed by atoms with E-state index in [9.17, 15) is 19.5 Å². The predicted octanol–water partition coefficient (Wildman–Crippen LogP) is 2.18. The van der Waals surface area contributed by atoms with Crippen LogP contribution in [0.1, 0.15) is 10.4 Å². The molecule has 0 radical (unpaired) electrons. The van der Waals surface area contributed by atoms with E-state index in [1.165, 1.54) is 23.1 Å². The second-order valence-corrected chi connectivity index (χ2v) is 5.96. The lowest BCUT2D eigenvalue weighted by Gasteiger charge is -2.16. The third-order valence-corrected chi connectivity index (χ3v) is 3.86. The normalized spacial score (nSPS) is 10.5. The summed E-state index contributed by atoms with van der Waals surface area (Å²) in [7, 11) is 3.22. The quantitative estimate of drug-likeness (QED) is 0.481. The Kier molecular flexibility index (Phi) is 4.45. The first-order chi connectivity index (χ1) is 12.4. The minimum atomic E-state index is -0.670. The zero-order valence-electron chi connectivity index (χ0n) is 14.2. The zero-order valence-corrected chi connectivity index (χ0v) is 14.2. The molecule has 0 bridgehead atoms. The van der Waals surface area contributed by atoms with Gasteiger partial charge in [-0.15, -0.1) is 0 Å². The molecule has 3 N–H and O–H groups in total. The first kappa shape index (κ1) is 17.2. The Balaban J connectivity index is 1.86. The van der Waals surface area contributed by atoms with Gasteiger partial charge in [0.05, 0.1) is 5.69 Å². The Hall–Kier alpha value is -3.61. The molecule has 0 spiro atoms. The molecule has 7 nitrogen and oxygen atoms in total. The molecular formula is C19H17N3O4. The highest BCUT2D eigenvalue weighted by molar-refractivity contribution is 5.95. The standard InChI is InChI=1S/C19H17N3O4/c1-22(2)19(26)11-8-9-13(14(23)10-11)21-16-15(17(24)18(16)25)20-12-6-4-3-5-7-12/h3-10,20-21,23H,1-2H3. The fraction of sp³-hybridized carbons (Fsp3) is 0.105. The summed E-state index contributed by atoms with van der Waals surface area (Å²) in [6.07, 6.45) is 0. The number of hydrogen-bond donors (Lipinski definition) is 3. The van der Waals surface area contributed by atoms with E-state index in [1.54, 1.807) is 38.4 Å². The van der Waals surface area contributed by atoms with Crippen LogP contribution < -0.4 is 21.5 Å². The molecule has 0 aliphatic rings. The number of hydrogen-bond acceptors (Lipinski definition) is 6. The number of aromatic hydroxyl groups is 1. The molecule has 0 atom stereocenters. The van der Waals surface area contributed by atoms with Crippen molar-refractivity contribution in [2.45, 2.75) is 0 Å². The van der Waals surface area contributed by atoms with E-state index in [4.69, 9.17) is 0 Å². The van der Waals surface area contributed by atoms with E-state index >= 15 is 0 Å². The highest BCUT2D eigenvalue weighted by atomic mass is 16.3. The van der Waals surface area contributed by atoms with Crippen LogP contribution in [-0.4, -0.2) is 30.0 Å². The van der Waals surface area contributed by atoms with Crippen molar-refractivity contribution >= 4 is 28.7 Å². The van der Waals surface area contributed by atoms with Gasteiger partial charge in [0.25, 0.3) is 16.8 Å². The van der Waals surface area contributed by atoms with Crippen molar-refractivity contribution in [1.82, 2.24) is 4.90 Å². The van der Waals surface area contributed by atoms with Gasteiger partial charge >= 0.3 is 0 Å². The van der Waals surface area contributed by atoms with Gasteiger partial charge in [0, 0.05) is 25.3 Å². The molecule has 132 valence electrons. The summed E-state index contributed by atoms with van der Waals surface area (Å²) < 4.78 is 0. The van der Waals surface area contributed by atoms with Gasteiger partial charge in [0.15, 0.2) is 0 Å². The lowest BCUT2D eigenvalue weighted by Crippen LogP contribution is -2.35. The number of rotatable bonds is 5. The maximum Gasteiger partial charge on any atom is 0.253 e. The number of benzene rings is 2. The van der Waals surface area contributed by atoms with Crippen molar-refractivity contribution < 1.29 is 9.90 Å². The number of carbonyl (C=O) groups is 1. The van der Waals surface area contributed by atoms with Crippen LogP contribution in [0.4, 0.5) is 22.7 Å². The van der Waals surface area contributed by atoms with Gasteiger partial charge in [-0.25, -0.2) is 0 Å².